The van der Waals surface area contributed by atoms with Gasteiger partial charge in [0.25, 0.3) is 0 Å². The van der Waals surface area contributed by atoms with E-state index in [1.54, 1.807) is 0 Å². The van der Waals surface area contributed by atoms with E-state index in [0.717, 1.165) is 30.6 Å². The molecule has 0 bridgehead atoms. The molecular weight excluding hydrogens is 404 g/mol. The third-order valence-corrected chi connectivity index (χ3v) is 6.85. The van der Waals surface area contributed by atoms with Gasteiger partial charge in [-0.3, -0.25) is 14.3 Å². The van der Waals surface area contributed by atoms with Gasteiger partial charge >= 0.3 is 0 Å². The van der Waals surface area contributed by atoms with Crippen molar-refractivity contribution in [1.82, 2.24) is 19.6 Å². The van der Waals surface area contributed by atoms with Crippen LogP contribution in [0, 0.1) is 5.41 Å². The van der Waals surface area contributed by atoms with Crippen LogP contribution in [0.3, 0.4) is 0 Å². The Kier molecular flexibility index (Phi) is 6.65. The summed E-state index contributed by atoms with van der Waals surface area (Å²) >= 11 is 0. The molecule has 0 aliphatic carbocycles. The third-order valence-electron chi connectivity index (χ3n) is 6.85. The lowest BCUT2D eigenvalue weighted by Crippen LogP contribution is -2.52. The van der Waals surface area contributed by atoms with Crippen molar-refractivity contribution in [2.45, 2.75) is 52.1 Å². The van der Waals surface area contributed by atoms with Gasteiger partial charge in [0.05, 0.1) is 5.41 Å². The van der Waals surface area contributed by atoms with E-state index in [1.165, 1.54) is 0 Å². The van der Waals surface area contributed by atoms with Crippen LogP contribution in [0.1, 0.15) is 56.8 Å². The van der Waals surface area contributed by atoms with E-state index in [0.29, 0.717) is 26.2 Å². The molecule has 0 radical (unpaired) electrons. The van der Waals surface area contributed by atoms with Gasteiger partial charge < -0.3 is 14.5 Å². The molecule has 2 amide bonds. The van der Waals surface area contributed by atoms with Gasteiger partial charge in [0.15, 0.2) is 0 Å². The summed E-state index contributed by atoms with van der Waals surface area (Å²) in [7, 11) is 0. The fraction of sp³-hybridized carbons (Fsp3) is 0.560. The van der Waals surface area contributed by atoms with Gasteiger partial charge in [0.1, 0.15) is 6.61 Å². The Balaban J connectivity index is 1.67. The summed E-state index contributed by atoms with van der Waals surface area (Å²) in [6.07, 6.45) is 3.52. The summed E-state index contributed by atoms with van der Waals surface area (Å²) in [6.45, 7) is 8.95. The molecule has 7 heteroatoms. The second-order valence-electron chi connectivity index (χ2n) is 9.23. The third kappa shape index (κ3) is 4.18. The molecule has 7 nitrogen and oxygen atoms in total. The fourth-order valence-electron chi connectivity index (χ4n) is 5.32. The second-order valence-corrected chi connectivity index (χ2v) is 9.23. The molecule has 0 saturated carbocycles. The SMILES string of the molecule is CCOCC(=O)N1C[C@@H](c2ccnn2C(C)C)[C@@]2(CCCN(Cc3ccccc3)C2=O)C1. The number of nitrogens with zero attached hydrogens (tertiary/aromatic N) is 4. The molecule has 0 N–H and O–H groups in total. The Morgan fingerprint density at radius 1 is 1.25 bits per heavy atom. The minimum atomic E-state index is -0.623. The molecule has 2 aromatic rings. The summed E-state index contributed by atoms with van der Waals surface area (Å²) < 4.78 is 7.40. The average Bonchev–Trinajstić information content (AvgIpc) is 3.42. The van der Waals surface area contributed by atoms with Crippen LogP contribution < -0.4 is 0 Å². The standard InChI is InChI=1S/C25H34N4O3/c1-4-32-17-23(30)28-16-21(22-11-13-26-29(22)19(2)3)25(18-28)12-8-14-27(24(25)31)15-20-9-6-5-7-10-20/h5-7,9-11,13,19,21H,4,8,12,14-18H2,1-3H3/t21-,25+/m0/s1. The molecule has 1 spiro atoms. The van der Waals surface area contributed by atoms with E-state index >= 15 is 0 Å². The number of piperidine rings is 1. The zero-order valence-electron chi connectivity index (χ0n) is 19.4. The predicted octanol–water partition coefficient (Wildman–Crippen LogP) is 3.24. The van der Waals surface area contributed by atoms with E-state index in [4.69, 9.17) is 4.74 Å². The van der Waals surface area contributed by atoms with Crippen LogP contribution in [0.25, 0.3) is 0 Å². The molecule has 3 heterocycles. The maximum Gasteiger partial charge on any atom is 0.248 e. The lowest BCUT2D eigenvalue weighted by atomic mass is 9.70. The van der Waals surface area contributed by atoms with Crippen molar-refractivity contribution in [2.75, 3.05) is 32.8 Å². The number of benzene rings is 1. The minimum absolute atomic E-state index is 0.0441. The van der Waals surface area contributed by atoms with Crippen LogP contribution >= 0.6 is 0 Å². The highest BCUT2D eigenvalue weighted by atomic mass is 16.5. The van der Waals surface area contributed by atoms with E-state index < -0.39 is 5.41 Å². The molecular formula is C25H34N4O3. The summed E-state index contributed by atoms with van der Waals surface area (Å²) in [5.41, 5.74) is 1.55. The highest BCUT2D eigenvalue weighted by Crippen LogP contribution is 2.50. The summed E-state index contributed by atoms with van der Waals surface area (Å²) in [5.74, 6) is 0.0298. The first-order chi connectivity index (χ1) is 15.5. The quantitative estimate of drug-likeness (QED) is 0.666. The maximum absolute atomic E-state index is 14.0. The summed E-state index contributed by atoms with van der Waals surface area (Å²) in [5, 5.41) is 4.53. The Morgan fingerprint density at radius 2 is 2.03 bits per heavy atom. The van der Waals surface area contributed by atoms with Crippen LogP contribution in [0.2, 0.25) is 0 Å². The van der Waals surface area contributed by atoms with Gasteiger partial charge in [-0.1, -0.05) is 30.3 Å². The van der Waals surface area contributed by atoms with Crippen molar-refractivity contribution in [3.63, 3.8) is 0 Å². The number of hydrogen-bond donors (Lipinski definition) is 0. The summed E-state index contributed by atoms with van der Waals surface area (Å²) in [4.78, 5) is 30.8. The van der Waals surface area contributed by atoms with Crippen molar-refractivity contribution in [3.8, 4) is 0 Å². The van der Waals surface area contributed by atoms with Gasteiger partial charge in [0.2, 0.25) is 11.8 Å². The fourth-order valence-corrected chi connectivity index (χ4v) is 5.32. The molecule has 1 aromatic carbocycles. The first-order valence-corrected chi connectivity index (χ1v) is 11.7. The van der Waals surface area contributed by atoms with Crippen LogP contribution in [0.15, 0.2) is 42.6 Å². The number of carbonyl (C=O) groups is 2. The highest BCUT2D eigenvalue weighted by Gasteiger charge is 2.57. The lowest BCUT2D eigenvalue weighted by Gasteiger charge is -2.42. The number of hydrogen-bond acceptors (Lipinski definition) is 4. The highest BCUT2D eigenvalue weighted by molar-refractivity contribution is 5.87. The Morgan fingerprint density at radius 3 is 2.75 bits per heavy atom. The van der Waals surface area contributed by atoms with Gasteiger partial charge in [0, 0.05) is 56.6 Å². The Bertz CT molecular complexity index is 942. The molecule has 4 rings (SSSR count). The first kappa shape index (κ1) is 22.5. The molecule has 1 aromatic heterocycles. The molecule has 2 saturated heterocycles. The van der Waals surface area contributed by atoms with Crippen molar-refractivity contribution < 1.29 is 14.3 Å². The molecule has 32 heavy (non-hydrogen) atoms. The number of likely N-dealkylation sites (tertiary alicyclic amines) is 2. The molecule has 0 unspecified atom stereocenters. The minimum Gasteiger partial charge on any atom is -0.372 e. The molecule has 172 valence electrons. The average molecular weight is 439 g/mol. The topological polar surface area (TPSA) is 67.7 Å². The van der Waals surface area contributed by atoms with Crippen LogP contribution in [-0.2, 0) is 20.9 Å². The zero-order valence-corrected chi connectivity index (χ0v) is 19.4. The van der Waals surface area contributed by atoms with Gasteiger partial charge in [-0.05, 0) is 45.2 Å². The van der Waals surface area contributed by atoms with E-state index in [2.05, 4.69) is 31.1 Å². The van der Waals surface area contributed by atoms with Gasteiger partial charge in [-0.2, -0.15) is 5.10 Å². The first-order valence-electron chi connectivity index (χ1n) is 11.7. The lowest BCUT2D eigenvalue weighted by molar-refractivity contribution is -0.148. The van der Waals surface area contributed by atoms with Gasteiger partial charge in [-0.25, -0.2) is 0 Å². The van der Waals surface area contributed by atoms with Crippen LogP contribution in [0.5, 0.6) is 0 Å². The second kappa shape index (κ2) is 9.45. The number of amides is 2. The van der Waals surface area contributed by atoms with Gasteiger partial charge in [-0.15, -0.1) is 0 Å². The molecule has 2 fully saturated rings. The van der Waals surface area contributed by atoms with Crippen molar-refractivity contribution in [1.29, 1.82) is 0 Å². The molecule has 2 atom stereocenters. The Labute approximate surface area is 190 Å². The largest absolute Gasteiger partial charge is 0.372 e. The monoisotopic (exact) mass is 438 g/mol. The number of carbonyl (C=O) groups excluding carboxylic acids is 2. The molecule has 2 aliphatic heterocycles. The normalized spacial score (nSPS) is 23.5. The van der Waals surface area contributed by atoms with Crippen molar-refractivity contribution >= 4 is 11.8 Å². The maximum atomic E-state index is 14.0. The number of ether oxygens (including phenoxy) is 1. The van der Waals surface area contributed by atoms with E-state index in [1.807, 2.05) is 51.9 Å². The van der Waals surface area contributed by atoms with E-state index in [-0.39, 0.29) is 30.4 Å². The number of aromatic nitrogens is 2. The van der Waals surface area contributed by atoms with Crippen LogP contribution in [-0.4, -0.2) is 64.2 Å². The molecule has 2 aliphatic rings. The van der Waals surface area contributed by atoms with Crippen LogP contribution in [0.4, 0.5) is 0 Å². The predicted molar refractivity (Wildman–Crippen MR) is 122 cm³/mol. The smallest absolute Gasteiger partial charge is 0.248 e. The Hall–Kier alpha value is -2.67. The van der Waals surface area contributed by atoms with Crippen molar-refractivity contribution in [3.05, 3.63) is 53.9 Å². The van der Waals surface area contributed by atoms with E-state index in [9.17, 15) is 9.59 Å². The van der Waals surface area contributed by atoms with Crippen molar-refractivity contribution in [2.24, 2.45) is 5.41 Å². The summed E-state index contributed by atoms with van der Waals surface area (Å²) in [6, 6.07) is 12.3. The number of rotatable bonds is 7. The zero-order chi connectivity index (χ0) is 22.7.